The maximum atomic E-state index is 9.61. The third-order valence-corrected chi connectivity index (χ3v) is 2.72. The van der Waals surface area contributed by atoms with E-state index in [0.717, 1.165) is 5.56 Å². The van der Waals surface area contributed by atoms with Gasteiger partial charge in [-0.25, -0.2) is 0 Å². The summed E-state index contributed by atoms with van der Waals surface area (Å²) in [5.74, 6) is 0. The Morgan fingerprint density at radius 2 is 2.00 bits per heavy atom. The summed E-state index contributed by atoms with van der Waals surface area (Å²) < 4.78 is 10.8. The second kappa shape index (κ2) is 5.57. The maximum Gasteiger partial charge on any atom is 0.184 e. The van der Waals surface area contributed by atoms with Crippen LogP contribution in [0.5, 0.6) is 0 Å². The van der Waals surface area contributed by atoms with Crippen LogP contribution in [0.4, 0.5) is 0 Å². The molecule has 1 saturated heterocycles. The molecule has 3 N–H and O–H groups in total. The van der Waals surface area contributed by atoms with Gasteiger partial charge >= 0.3 is 0 Å². The third kappa shape index (κ3) is 2.83. The van der Waals surface area contributed by atoms with Crippen molar-refractivity contribution in [2.24, 2.45) is 0 Å². The minimum absolute atomic E-state index is 0.0707. The first-order valence-electron chi connectivity index (χ1n) is 5.51. The van der Waals surface area contributed by atoms with Crippen LogP contribution in [0, 0.1) is 0 Å². The second-order valence-corrected chi connectivity index (χ2v) is 3.99. The lowest BCUT2D eigenvalue weighted by atomic mass is 10.1. The first-order valence-corrected chi connectivity index (χ1v) is 5.51. The van der Waals surface area contributed by atoms with Crippen LogP contribution in [0.2, 0.25) is 0 Å². The average molecular weight is 240 g/mol. The van der Waals surface area contributed by atoms with E-state index < -0.39 is 31.2 Å². The molecule has 0 aliphatic carbocycles. The monoisotopic (exact) mass is 240 g/mol. The summed E-state index contributed by atoms with van der Waals surface area (Å²) in [6.45, 7) is -0.384. The van der Waals surface area contributed by atoms with Gasteiger partial charge in [-0.05, 0) is 0 Å². The SMILES string of the molecule is OC[C@H](O)[C@H]1OC(c2ccccc2)OC[C@H]1O. The first-order chi connectivity index (χ1) is 8.22. The summed E-state index contributed by atoms with van der Waals surface area (Å²) in [6.07, 6.45) is -3.50. The van der Waals surface area contributed by atoms with Crippen molar-refractivity contribution < 1.29 is 24.8 Å². The quantitative estimate of drug-likeness (QED) is 0.682. The van der Waals surface area contributed by atoms with Crippen LogP contribution in [0.3, 0.4) is 0 Å². The predicted octanol–water partition coefficient (Wildman–Crippen LogP) is -0.185. The fourth-order valence-electron chi connectivity index (χ4n) is 1.79. The number of hydrogen-bond acceptors (Lipinski definition) is 5. The second-order valence-electron chi connectivity index (χ2n) is 3.99. The van der Waals surface area contributed by atoms with Crippen molar-refractivity contribution in [1.29, 1.82) is 0 Å². The molecule has 4 atom stereocenters. The Balaban J connectivity index is 2.08. The van der Waals surface area contributed by atoms with E-state index in [1.54, 1.807) is 0 Å². The normalized spacial score (nSPS) is 31.1. The van der Waals surface area contributed by atoms with Crippen molar-refractivity contribution in [2.45, 2.75) is 24.6 Å². The molecule has 0 amide bonds. The molecule has 5 nitrogen and oxygen atoms in total. The van der Waals surface area contributed by atoms with Gasteiger partial charge in [-0.15, -0.1) is 0 Å². The number of aliphatic hydroxyl groups is 3. The van der Waals surface area contributed by atoms with Crippen LogP contribution >= 0.6 is 0 Å². The van der Waals surface area contributed by atoms with Crippen molar-refractivity contribution in [3.63, 3.8) is 0 Å². The van der Waals surface area contributed by atoms with Gasteiger partial charge in [0.05, 0.1) is 13.2 Å². The van der Waals surface area contributed by atoms with E-state index in [1.807, 2.05) is 30.3 Å². The van der Waals surface area contributed by atoms with E-state index in [2.05, 4.69) is 0 Å². The van der Waals surface area contributed by atoms with E-state index in [4.69, 9.17) is 14.6 Å². The lowest BCUT2D eigenvalue weighted by molar-refractivity contribution is -0.277. The van der Waals surface area contributed by atoms with E-state index in [1.165, 1.54) is 0 Å². The molecular weight excluding hydrogens is 224 g/mol. The highest BCUT2D eigenvalue weighted by Crippen LogP contribution is 2.27. The summed E-state index contributed by atoms with van der Waals surface area (Å²) in [5.41, 5.74) is 0.814. The van der Waals surface area contributed by atoms with Gasteiger partial charge < -0.3 is 24.8 Å². The van der Waals surface area contributed by atoms with Gasteiger partial charge in [-0.3, -0.25) is 0 Å². The molecule has 1 fully saturated rings. The fourth-order valence-corrected chi connectivity index (χ4v) is 1.79. The fraction of sp³-hybridized carbons (Fsp3) is 0.500. The molecular formula is C12H16O5. The molecule has 0 saturated carbocycles. The molecule has 94 valence electrons. The molecule has 0 aromatic heterocycles. The Labute approximate surface area is 99.2 Å². The Kier molecular flexibility index (Phi) is 4.09. The molecule has 1 aromatic rings. The number of rotatable bonds is 3. The predicted molar refractivity (Wildman–Crippen MR) is 59.1 cm³/mol. The largest absolute Gasteiger partial charge is 0.394 e. The van der Waals surface area contributed by atoms with E-state index >= 15 is 0 Å². The zero-order chi connectivity index (χ0) is 12.3. The lowest BCUT2D eigenvalue weighted by Gasteiger charge is -2.36. The average Bonchev–Trinajstić information content (AvgIpc) is 2.39. The number of ether oxygens (including phenoxy) is 2. The molecule has 0 radical (unpaired) electrons. The molecule has 2 rings (SSSR count). The number of benzene rings is 1. The van der Waals surface area contributed by atoms with Crippen LogP contribution in [0.15, 0.2) is 30.3 Å². The van der Waals surface area contributed by atoms with E-state index in [9.17, 15) is 10.2 Å². The van der Waals surface area contributed by atoms with Crippen molar-refractivity contribution in [1.82, 2.24) is 0 Å². The summed E-state index contributed by atoms with van der Waals surface area (Å²) in [7, 11) is 0. The maximum absolute atomic E-state index is 9.61. The van der Waals surface area contributed by atoms with Crippen LogP contribution in [-0.4, -0.2) is 46.8 Å². The van der Waals surface area contributed by atoms with Gasteiger partial charge in [0.1, 0.15) is 18.3 Å². The summed E-state index contributed by atoms with van der Waals surface area (Å²) in [4.78, 5) is 0. The third-order valence-electron chi connectivity index (χ3n) is 2.72. The molecule has 17 heavy (non-hydrogen) atoms. The minimum Gasteiger partial charge on any atom is -0.394 e. The van der Waals surface area contributed by atoms with Gasteiger partial charge in [-0.1, -0.05) is 30.3 Å². The molecule has 1 aliphatic rings. The highest BCUT2D eigenvalue weighted by molar-refractivity contribution is 5.16. The summed E-state index contributed by atoms with van der Waals surface area (Å²) >= 11 is 0. The molecule has 1 aromatic carbocycles. The van der Waals surface area contributed by atoms with Gasteiger partial charge in [0.15, 0.2) is 6.29 Å². The molecule has 0 spiro atoms. The Hall–Kier alpha value is -0.980. The summed E-state index contributed by atoms with van der Waals surface area (Å²) in [6, 6.07) is 9.26. The number of aliphatic hydroxyl groups excluding tert-OH is 3. The van der Waals surface area contributed by atoms with Gasteiger partial charge in [0.2, 0.25) is 0 Å². The molecule has 1 aliphatic heterocycles. The Morgan fingerprint density at radius 1 is 1.29 bits per heavy atom. The zero-order valence-corrected chi connectivity index (χ0v) is 9.27. The highest BCUT2D eigenvalue weighted by atomic mass is 16.7. The molecule has 1 unspecified atom stereocenters. The zero-order valence-electron chi connectivity index (χ0n) is 9.27. The molecule has 5 heteroatoms. The van der Waals surface area contributed by atoms with Crippen molar-refractivity contribution in [3.05, 3.63) is 35.9 Å². The van der Waals surface area contributed by atoms with Crippen molar-refractivity contribution in [2.75, 3.05) is 13.2 Å². The van der Waals surface area contributed by atoms with Gasteiger partial charge in [-0.2, -0.15) is 0 Å². The van der Waals surface area contributed by atoms with Gasteiger partial charge in [0.25, 0.3) is 0 Å². The van der Waals surface area contributed by atoms with E-state index in [0.29, 0.717) is 0 Å². The van der Waals surface area contributed by atoms with Crippen LogP contribution in [0.1, 0.15) is 11.9 Å². The minimum atomic E-state index is -1.11. The highest BCUT2D eigenvalue weighted by Gasteiger charge is 2.35. The molecule has 1 heterocycles. The van der Waals surface area contributed by atoms with Gasteiger partial charge in [0, 0.05) is 5.56 Å². The first kappa shape index (κ1) is 12.5. The standard InChI is InChI=1S/C12H16O5/c13-6-9(14)11-10(15)7-16-12(17-11)8-4-2-1-3-5-8/h1-5,9-15H,6-7H2/t9-,10+,11+,12?/m0/s1. The van der Waals surface area contributed by atoms with Crippen LogP contribution < -0.4 is 0 Å². The smallest absolute Gasteiger partial charge is 0.184 e. The van der Waals surface area contributed by atoms with Crippen LogP contribution in [-0.2, 0) is 9.47 Å². The Bertz CT molecular complexity index is 338. The lowest BCUT2D eigenvalue weighted by Crippen LogP contribution is -2.48. The Morgan fingerprint density at radius 3 is 2.65 bits per heavy atom. The number of hydrogen-bond donors (Lipinski definition) is 3. The van der Waals surface area contributed by atoms with Crippen molar-refractivity contribution >= 4 is 0 Å². The topological polar surface area (TPSA) is 79.2 Å². The molecule has 0 bridgehead atoms. The summed E-state index contributed by atoms with van der Waals surface area (Å²) in [5, 5.41) is 28.0. The van der Waals surface area contributed by atoms with Crippen molar-refractivity contribution in [3.8, 4) is 0 Å². The van der Waals surface area contributed by atoms with Crippen LogP contribution in [0.25, 0.3) is 0 Å². The van der Waals surface area contributed by atoms with E-state index in [-0.39, 0.29) is 6.61 Å².